The third-order valence-corrected chi connectivity index (χ3v) is 5.27. The van der Waals surface area contributed by atoms with Crippen molar-refractivity contribution < 1.29 is 4.79 Å². The Hall–Kier alpha value is -4.12. The van der Waals surface area contributed by atoms with E-state index in [9.17, 15) is 4.79 Å². The minimum atomic E-state index is -0.759. The third-order valence-electron chi connectivity index (χ3n) is 5.27. The molecule has 0 saturated heterocycles. The monoisotopic (exact) mass is 404 g/mol. The summed E-state index contributed by atoms with van der Waals surface area (Å²) < 4.78 is 0. The smallest absolute Gasteiger partial charge is 0.224 e. The van der Waals surface area contributed by atoms with E-state index in [1.165, 1.54) is 0 Å². The van der Waals surface area contributed by atoms with Crippen molar-refractivity contribution in [1.82, 2.24) is 9.97 Å². The number of benzene rings is 3. The molecule has 1 atom stereocenters. The highest BCUT2D eigenvalue weighted by atomic mass is 16.1. The molecule has 3 aromatic carbocycles. The van der Waals surface area contributed by atoms with E-state index >= 15 is 0 Å². The number of rotatable bonds is 4. The molecular formula is C26H20N4O. The molecule has 0 aliphatic carbocycles. The first-order valence-corrected chi connectivity index (χ1v) is 10.2. The van der Waals surface area contributed by atoms with Gasteiger partial charge in [-0.1, -0.05) is 84.9 Å². The lowest BCUT2D eigenvalue weighted by atomic mass is 9.96. The summed E-state index contributed by atoms with van der Waals surface area (Å²) in [6.45, 7) is 0. The van der Waals surface area contributed by atoms with E-state index < -0.39 is 6.17 Å². The molecule has 5 heteroatoms. The molecule has 0 bridgehead atoms. The molecule has 5 nitrogen and oxygen atoms in total. The van der Waals surface area contributed by atoms with Crippen molar-refractivity contribution in [2.24, 2.45) is 4.99 Å². The molecular weight excluding hydrogens is 384 g/mol. The van der Waals surface area contributed by atoms with E-state index in [0.717, 1.165) is 33.5 Å². The Morgan fingerprint density at radius 2 is 1.32 bits per heavy atom. The van der Waals surface area contributed by atoms with Crippen LogP contribution < -0.4 is 5.32 Å². The average molecular weight is 404 g/mol. The van der Waals surface area contributed by atoms with Crippen molar-refractivity contribution in [2.75, 3.05) is 5.32 Å². The molecule has 150 valence electrons. The van der Waals surface area contributed by atoms with E-state index in [1.807, 2.05) is 84.9 Å². The number of nitrogens with zero attached hydrogens (tertiary/aromatic N) is 3. The second kappa shape index (κ2) is 8.32. The third kappa shape index (κ3) is 3.98. The Morgan fingerprint density at radius 3 is 2.03 bits per heavy atom. The lowest BCUT2D eigenvalue weighted by molar-refractivity contribution is -0.118. The molecule has 4 aromatic rings. The number of fused-ring (bicyclic) bond motifs is 1. The van der Waals surface area contributed by atoms with Crippen LogP contribution in [0.15, 0.2) is 102 Å². The zero-order valence-corrected chi connectivity index (χ0v) is 16.8. The fourth-order valence-corrected chi connectivity index (χ4v) is 3.70. The second-order valence-electron chi connectivity index (χ2n) is 7.35. The van der Waals surface area contributed by atoms with Crippen LogP contribution in [-0.2, 0) is 11.2 Å². The van der Waals surface area contributed by atoms with Crippen LogP contribution in [0.25, 0.3) is 11.1 Å². The molecule has 0 radical (unpaired) electrons. The predicted molar refractivity (Wildman–Crippen MR) is 122 cm³/mol. The quantitative estimate of drug-likeness (QED) is 0.542. The van der Waals surface area contributed by atoms with Crippen molar-refractivity contribution >= 4 is 17.4 Å². The molecule has 5 rings (SSSR count). The van der Waals surface area contributed by atoms with Crippen molar-refractivity contribution in [3.05, 3.63) is 114 Å². The molecule has 1 aliphatic rings. The average Bonchev–Trinajstić information content (AvgIpc) is 2.97. The molecule has 1 aliphatic heterocycles. The SMILES string of the molecule is O=C1Cc2ccccc2C(c2ccccc2)=NC1Nc1ncc(-c2ccccc2)cn1. The molecule has 1 aromatic heterocycles. The van der Waals surface area contributed by atoms with Gasteiger partial charge in [0, 0.05) is 35.5 Å². The van der Waals surface area contributed by atoms with E-state index in [2.05, 4.69) is 15.3 Å². The van der Waals surface area contributed by atoms with Gasteiger partial charge in [-0.3, -0.25) is 9.79 Å². The lowest BCUT2D eigenvalue weighted by Gasteiger charge is -2.13. The van der Waals surface area contributed by atoms with Crippen molar-refractivity contribution in [3.63, 3.8) is 0 Å². The molecule has 0 amide bonds. The topological polar surface area (TPSA) is 67.2 Å². The number of hydrogen-bond acceptors (Lipinski definition) is 5. The van der Waals surface area contributed by atoms with Gasteiger partial charge in [-0.25, -0.2) is 9.97 Å². The molecule has 1 N–H and O–H groups in total. The normalized spacial score (nSPS) is 15.5. The van der Waals surface area contributed by atoms with Gasteiger partial charge in [0.1, 0.15) is 0 Å². The first-order chi connectivity index (χ1) is 15.3. The standard InChI is InChI=1S/C26H20N4O/c31-23-15-20-13-7-8-14-22(20)24(19-11-5-2-6-12-19)29-25(23)30-26-27-16-21(17-28-26)18-9-3-1-4-10-18/h1-14,16-17,25H,15H2,(H,27,28,30). The number of carbonyl (C=O) groups excluding carboxylic acids is 1. The van der Waals surface area contributed by atoms with Crippen molar-refractivity contribution in [3.8, 4) is 11.1 Å². The van der Waals surface area contributed by atoms with Gasteiger partial charge in [0.05, 0.1) is 5.71 Å². The molecule has 31 heavy (non-hydrogen) atoms. The lowest BCUT2D eigenvalue weighted by Crippen LogP contribution is -2.29. The van der Waals surface area contributed by atoms with Gasteiger partial charge in [0.15, 0.2) is 11.9 Å². The number of Topliss-reactive ketones (excluding diaryl/α,β-unsaturated/α-hetero) is 1. The fraction of sp³-hybridized carbons (Fsp3) is 0.0769. The van der Waals surface area contributed by atoms with E-state index in [-0.39, 0.29) is 5.78 Å². The largest absolute Gasteiger partial charge is 0.326 e. The Bertz CT molecular complexity index is 1240. The molecule has 2 heterocycles. The minimum absolute atomic E-state index is 0.0193. The summed E-state index contributed by atoms with van der Waals surface area (Å²) in [7, 11) is 0. The molecule has 0 spiro atoms. The first-order valence-electron chi connectivity index (χ1n) is 10.2. The maximum atomic E-state index is 13.0. The van der Waals surface area contributed by atoms with Gasteiger partial charge in [0.25, 0.3) is 0 Å². The summed E-state index contributed by atoms with van der Waals surface area (Å²) in [6.07, 6.45) is 3.05. The molecule has 0 saturated carbocycles. The number of nitrogens with one attached hydrogen (secondary N) is 1. The number of carbonyl (C=O) groups is 1. The number of anilines is 1. The van der Waals surface area contributed by atoms with E-state index in [4.69, 9.17) is 4.99 Å². The van der Waals surface area contributed by atoms with Gasteiger partial charge >= 0.3 is 0 Å². The summed E-state index contributed by atoms with van der Waals surface area (Å²) in [5.74, 6) is 0.356. The number of ketones is 1. The molecule has 1 unspecified atom stereocenters. The summed E-state index contributed by atoms with van der Waals surface area (Å²) in [4.78, 5) is 26.7. The fourth-order valence-electron chi connectivity index (χ4n) is 3.70. The van der Waals surface area contributed by atoms with Crippen LogP contribution in [0, 0.1) is 0 Å². The zero-order chi connectivity index (χ0) is 21.0. The Kier molecular flexibility index (Phi) is 5.07. The Labute approximate surface area is 180 Å². The van der Waals surface area contributed by atoms with Gasteiger partial charge in [-0.2, -0.15) is 0 Å². The van der Waals surface area contributed by atoms with Crippen LogP contribution in [-0.4, -0.2) is 27.6 Å². The van der Waals surface area contributed by atoms with Crippen LogP contribution >= 0.6 is 0 Å². The van der Waals surface area contributed by atoms with Crippen LogP contribution in [0.4, 0.5) is 5.95 Å². The highest BCUT2D eigenvalue weighted by Gasteiger charge is 2.26. The van der Waals surface area contributed by atoms with Crippen LogP contribution in [0.1, 0.15) is 16.7 Å². The van der Waals surface area contributed by atoms with Crippen molar-refractivity contribution in [1.29, 1.82) is 0 Å². The highest BCUT2D eigenvalue weighted by molar-refractivity contribution is 6.16. The van der Waals surface area contributed by atoms with Gasteiger partial charge in [-0.05, 0) is 11.1 Å². The number of hydrogen-bond donors (Lipinski definition) is 1. The van der Waals surface area contributed by atoms with Crippen LogP contribution in [0.2, 0.25) is 0 Å². The predicted octanol–water partition coefficient (Wildman–Crippen LogP) is 4.54. The van der Waals surface area contributed by atoms with Gasteiger partial charge < -0.3 is 5.32 Å². The summed E-state index contributed by atoms with van der Waals surface area (Å²) in [5, 5.41) is 3.12. The minimum Gasteiger partial charge on any atom is -0.326 e. The maximum absolute atomic E-state index is 13.0. The zero-order valence-electron chi connectivity index (χ0n) is 16.8. The summed E-state index contributed by atoms with van der Waals surface area (Å²) >= 11 is 0. The van der Waals surface area contributed by atoms with Crippen molar-refractivity contribution in [2.45, 2.75) is 12.6 Å². The van der Waals surface area contributed by atoms with Gasteiger partial charge in [-0.15, -0.1) is 0 Å². The number of aromatic nitrogens is 2. The summed E-state index contributed by atoms with van der Waals surface area (Å²) in [6, 6.07) is 27.8. The maximum Gasteiger partial charge on any atom is 0.224 e. The van der Waals surface area contributed by atoms with Crippen LogP contribution in [0.3, 0.4) is 0 Å². The Balaban J connectivity index is 1.48. The summed E-state index contributed by atoms with van der Waals surface area (Å²) in [5.41, 5.74) is 5.67. The Morgan fingerprint density at radius 1 is 0.710 bits per heavy atom. The van der Waals surface area contributed by atoms with E-state index in [1.54, 1.807) is 12.4 Å². The highest BCUT2D eigenvalue weighted by Crippen LogP contribution is 2.23. The van der Waals surface area contributed by atoms with Gasteiger partial charge in [0.2, 0.25) is 5.95 Å². The number of aliphatic imine (C=N–C) groups is 1. The van der Waals surface area contributed by atoms with Crippen LogP contribution in [0.5, 0.6) is 0 Å². The first kappa shape index (κ1) is 18.9. The second-order valence-corrected chi connectivity index (χ2v) is 7.35. The van der Waals surface area contributed by atoms with E-state index in [0.29, 0.717) is 12.4 Å². The molecule has 0 fully saturated rings.